The van der Waals surface area contributed by atoms with E-state index in [2.05, 4.69) is 80.6 Å². The zero-order valence-electron chi connectivity index (χ0n) is 28.6. The number of phenolic OH excluding ortho intramolecular Hbond substituents is 1. The molecule has 234 valence electrons. The van der Waals surface area contributed by atoms with Crippen LogP contribution in [-0.2, 0) is 19.4 Å². The largest absolute Gasteiger partial charge is 0.508 e. The van der Waals surface area contributed by atoms with Gasteiger partial charge in [0.1, 0.15) is 18.1 Å². The van der Waals surface area contributed by atoms with Crippen LogP contribution in [-0.4, -0.2) is 5.11 Å². The lowest BCUT2D eigenvalue weighted by molar-refractivity contribution is 0.307. The topological polar surface area (TPSA) is 29.5 Å². The Bertz CT molecular complexity index is 1220. The van der Waals surface area contributed by atoms with Crippen molar-refractivity contribution in [3.8, 4) is 11.5 Å². The molecule has 0 aliphatic carbocycles. The fourth-order valence-electron chi connectivity index (χ4n) is 3.53. The molecule has 0 saturated carbocycles. The lowest BCUT2D eigenvalue weighted by Gasteiger charge is -2.08. The van der Waals surface area contributed by atoms with Crippen molar-refractivity contribution in [2.75, 3.05) is 0 Å². The molecule has 5 aromatic carbocycles. The number of para-hydroxylation sites is 2. The Morgan fingerprint density at radius 3 is 1.33 bits per heavy atom. The van der Waals surface area contributed by atoms with Crippen molar-refractivity contribution >= 4 is 10.8 Å². The van der Waals surface area contributed by atoms with Gasteiger partial charge in [0.2, 0.25) is 0 Å². The first-order chi connectivity index (χ1) is 21.2. The van der Waals surface area contributed by atoms with Crippen molar-refractivity contribution in [1.82, 2.24) is 0 Å². The third-order valence-electron chi connectivity index (χ3n) is 5.61. The Hall–Kier alpha value is -4.04. The summed E-state index contributed by atoms with van der Waals surface area (Å²) in [6.45, 7) is 21.0. The van der Waals surface area contributed by atoms with Gasteiger partial charge in [-0.25, -0.2) is 0 Å². The second-order valence-electron chi connectivity index (χ2n) is 8.10. The molecule has 0 fully saturated rings. The summed E-state index contributed by atoms with van der Waals surface area (Å²) >= 11 is 0. The fraction of sp³-hybridized carbons (Fsp3) is 0.317. The molecule has 0 aliphatic rings. The van der Waals surface area contributed by atoms with Crippen LogP contribution >= 0.6 is 0 Å². The molecule has 0 radical (unpaired) electrons. The van der Waals surface area contributed by atoms with Crippen LogP contribution in [0.25, 0.3) is 10.8 Å². The van der Waals surface area contributed by atoms with E-state index in [0.717, 1.165) is 18.6 Å². The van der Waals surface area contributed by atoms with Crippen LogP contribution in [0.2, 0.25) is 0 Å². The molecule has 0 aliphatic heterocycles. The van der Waals surface area contributed by atoms with E-state index in [9.17, 15) is 0 Å². The number of phenols is 1. The van der Waals surface area contributed by atoms with E-state index in [1.54, 1.807) is 24.3 Å². The monoisotopic (exact) mass is 582 g/mol. The molecule has 43 heavy (non-hydrogen) atoms. The predicted octanol–water partition coefficient (Wildman–Crippen LogP) is 12.7. The van der Waals surface area contributed by atoms with Gasteiger partial charge in [-0.3, -0.25) is 0 Å². The lowest BCUT2D eigenvalue weighted by Crippen LogP contribution is -1.95. The zero-order chi connectivity index (χ0) is 32.7. The average Bonchev–Trinajstić information content (AvgIpc) is 3.12. The maximum absolute atomic E-state index is 8.63. The zero-order valence-corrected chi connectivity index (χ0v) is 28.6. The van der Waals surface area contributed by atoms with Gasteiger partial charge in [-0.15, -0.1) is 0 Å². The highest BCUT2D eigenvalue weighted by molar-refractivity contribution is 5.85. The SMILES string of the molecule is CC.CC.CC.CC.CCc1ccc(CC)cc1.Oc1ccccc1.c1ccc(OCc2cccc3ccccc23)cc1. The summed E-state index contributed by atoms with van der Waals surface area (Å²) in [5.74, 6) is 1.23. The third kappa shape index (κ3) is 18.2. The predicted molar refractivity (Wildman–Crippen MR) is 193 cm³/mol. The van der Waals surface area contributed by atoms with Gasteiger partial charge in [-0.2, -0.15) is 0 Å². The van der Waals surface area contributed by atoms with Crippen molar-refractivity contribution in [1.29, 1.82) is 0 Å². The summed E-state index contributed by atoms with van der Waals surface area (Å²) in [5.41, 5.74) is 4.08. The summed E-state index contributed by atoms with van der Waals surface area (Å²) < 4.78 is 5.80. The number of aryl methyl sites for hydroxylation is 2. The highest BCUT2D eigenvalue weighted by atomic mass is 16.5. The van der Waals surface area contributed by atoms with Crippen molar-refractivity contribution in [2.24, 2.45) is 0 Å². The van der Waals surface area contributed by atoms with E-state index in [1.807, 2.05) is 91.8 Å². The molecule has 5 aromatic rings. The maximum atomic E-state index is 8.63. The molecular formula is C41H58O2. The van der Waals surface area contributed by atoms with Crippen LogP contribution in [0, 0.1) is 0 Å². The van der Waals surface area contributed by atoms with Crippen LogP contribution in [0.3, 0.4) is 0 Å². The maximum Gasteiger partial charge on any atom is 0.119 e. The summed E-state index contributed by atoms with van der Waals surface area (Å²) in [6, 6.07) is 42.2. The van der Waals surface area contributed by atoms with Crippen LogP contribution in [0.15, 0.2) is 127 Å². The van der Waals surface area contributed by atoms with Crippen molar-refractivity contribution in [2.45, 2.75) is 88.7 Å². The van der Waals surface area contributed by atoms with Gasteiger partial charge in [0.15, 0.2) is 0 Å². The molecule has 5 rings (SSSR count). The van der Waals surface area contributed by atoms with E-state index >= 15 is 0 Å². The fourth-order valence-corrected chi connectivity index (χ4v) is 3.53. The molecule has 1 N–H and O–H groups in total. The van der Waals surface area contributed by atoms with Gasteiger partial charge >= 0.3 is 0 Å². The number of hydrogen-bond acceptors (Lipinski definition) is 2. The number of rotatable bonds is 5. The first kappa shape index (κ1) is 41.1. The van der Waals surface area contributed by atoms with Gasteiger partial charge in [0.25, 0.3) is 0 Å². The van der Waals surface area contributed by atoms with Crippen LogP contribution in [0.5, 0.6) is 11.5 Å². The van der Waals surface area contributed by atoms with Crippen LogP contribution in [0.4, 0.5) is 0 Å². The normalized spacial score (nSPS) is 8.60. The van der Waals surface area contributed by atoms with Gasteiger partial charge in [0, 0.05) is 0 Å². The molecule has 0 bridgehead atoms. The molecule has 2 heteroatoms. The summed E-state index contributed by atoms with van der Waals surface area (Å²) in [6.07, 6.45) is 2.29. The van der Waals surface area contributed by atoms with Gasteiger partial charge < -0.3 is 9.84 Å². The third-order valence-corrected chi connectivity index (χ3v) is 5.61. The van der Waals surface area contributed by atoms with Crippen molar-refractivity contribution in [3.63, 3.8) is 0 Å². The molecular weight excluding hydrogens is 524 g/mol. The second-order valence-corrected chi connectivity index (χ2v) is 8.10. The minimum absolute atomic E-state index is 0.322. The molecule has 2 nitrogen and oxygen atoms in total. The Morgan fingerprint density at radius 2 is 0.884 bits per heavy atom. The molecule has 0 unspecified atom stereocenters. The van der Waals surface area contributed by atoms with E-state index < -0.39 is 0 Å². The van der Waals surface area contributed by atoms with Crippen LogP contribution in [0.1, 0.15) is 85.9 Å². The van der Waals surface area contributed by atoms with Crippen LogP contribution < -0.4 is 4.74 Å². The van der Waals surface area contributed by atoms with Crippen molar-refractivity contribution < 1.29 is 9.84 Å². The first-order valence-corrected chi connectivity index (χ1v) is 16.2. The summed E-state index contributed by atoms with van der Waals surface area (Å²) in [5, 5.41) is 11.1. The molecule has 0 amide bonds. The summed E-state index contributed by atoms with van der Waals surface area (Å²) in [4.78, 5) is 0. The highest BCUT2D eigenvalue weighted by Crippen LogP contribution is 2.20. The number of ether oxygens (including phenoxy) is 1. The minimum atomic E-state index is 0.322. The van der Waals surface area contributed by atoms with Crippen molar-refractivity contribution in [3.05, 3.63) is 144 Å². The molecule has 0 atom stereocenters. The quantitative estimate of drug-likeness (QED) is 0.223. The number of hydrogen-bond donors (Lipinski definition) is 1. The Balaban J connectivity index is 0. The average molecular weight is 583 g/mol. The Morgan fingerprint density at radius 1 is 0.465 bits per heavy atom. The van der Waals surface area contributed by atoms with Gasteiger partial charge in [-0.1, -0.05) is 172 Å². The lowest BCUT2D eigenvalue weighted by atomic mass is 10.1. The smallest absolute Gasteiger partial charge is 0.119 e. The molecule has 0 aromatic heterocycles. The molecule has 0 saturated heterocycles. The molecule has 0 spiro atoms. The Kier molecular flexibility index (Phi) is 28.1. The van der Waals surface area contributed by atoms with E-state index in [-0.39, 0.29) is 0 Å². The Labute approximate surface area is 264 Å². The molecule has 0 heterocycles. The highest BCUT2D eigenvalue weighted by Gasteiger charge is 2.01. The summed E-state index contributed by atoms with van der Waals surface area (Å²) in [7, 11) is 0. The van der Waals surface area contributed by atoms with E-state index in [0.29, 0.717) is 12.4 Å². The number of aromatic hydroxyl groups is 1. The van der Waals surface area contributed by atoms with E-state index in [1.165, 1.54) is 27.5 Å². The standard InChI is InChI=1S/C17H14O.C10H14.C6H6O.4C2H6/c1-2-10-16(11-3-1)18-13-15-9-6-8-14-7-4-5-12-17(14)15;1-3-9-5-7-10(4-2)8-6-9;7-6-4-2-1-3-5-6;4*1-2/h1-12H,13H2;5-8H,3-4H2,1-2H3;1-5,7H;4*1-2H3. The first-order valence-electron chi connectivity index (χ1n) is 16.2. The number of fused-ring (bicyclic) bond motifs is 1. The van der Waals surface area contributed by atoms with Gasteiger partial charge in [-0.05, 0) is 64.6 Å². The number of benzene rings is 5. The second kappa shape index (κ2) is 29.5. The van der Waals surface area contributed by atoms with Gasteiger partial charge in [0.05, 0.1) is 0 Å². The van der Waals surface area contributed by atoms with E-state index in [4.69, 9.17) is 9.84 Å². The minimum Gasteiger partial charge on any atom is -0.508 e.